The number of benzene rings is 2. The molecule has 0 saturated carbocycles. The van der Waals surface area contributed by atoms with Gasteiger partial charge in [-0.1, -0.05) is 12.1 Å². The second-order valence-corrected chi connectivity index (χ2v) is 10.7. The molecule has 2 aliphatic rings. The van der Waals surface area contributed by atoms with Crippen LogP contribution in [0.1, 0.15) is 42.5 Å². The molecule has 3 aromatic rings. The fraction of sp³-hybridized carbons (Fsp3) is 0.419. The lowest BCUT2D eigenvalue weighted by Crippen LogP contribution is -2.47. The van der Waals surface area contributed by atoms with Crippen molar-refractivity contribution in [3.05, 3.63) is 83.7 Å². The van der Waals surface area contributed by atoms with E-state index in [9.17, 15) is 13.2 Å². The van der Waals surface area contributed by atoms with E-state index in [0.717, 1.165) is 55.1 Å². The molecule has 2 aliphatic heterocycles. The molecule has 3 heterocycles. The van der Waals surface area contributed by atoms with E-state index in [-0.39, 0.29) is 18.9 Å². The molecule has 1 aromatic heterocycles. The second-order valence-electron chi connectivity index (χ2n) is 10.7. The molecule has 10 heteroatoms. The summed E-state index contributed by atoms with van der Waals surface area (Å²) < 4.78 is 60.7. The van der Waals surface area contributed by atoms with Crippen molar-refractivity contribution >= 4 is 17.3 Å². The van der Waals surface area contributed by atoms with Gasteiger partial charge in [-0.25, -0.2) is 9.38 Å². The van der Waals surface area contributed by atoms with Crippen molar-refractivity contribution in [2.24, 2.45) is 4.99 Å². The highest BCUT2D eigenvalue weighted by molar-refractivity contribution is 5.94. The predicted octanol–water partition coefficient (Wildman–Crippen LogP) is 6.82. The van der Waals surface area contributed by atoms with Gasteiger partial charge in [-0.3, -0.25) is 4.98 Å². The molecule has 2 fully saturated rings. The highest BCUT2D eigenvalue weighted by Gasteiger charge is 2.39. The standard InChI is InChI=1S/C31H35F4N5O/c1-22-5-4-16-36-28(22)30(32)14-19-40(20-15-30)29(37-24-10-8-23(9-11-24)31(33,34)35)38-25-12-17-39(18-13-25)26-6-3-7-27(21-26)41-2/h3-11,16,21,25H,12-15,17-20H2,1-2H3,(H,37,38). The van der Waals surface area contributed by atoms with Crippen LogP contribution in [0, 0.1) is 6.92 Å². The predicted molar refractivity (Wildman–Crippen MR) is 153 cm³/mol. The molecule has 0 spiro atoms. The van der Waals surface area contributed by atoms with E-state index in [4.69, 9.17) is 9.73 Å². The maximum absolute atomic E-state index is 16.0. The Labute approximate surface area is 238 Å². The van der Waals surface area contributed by atoms with Crippen LogP contribution in [0.25, 0.3) is 0 Å². The molecule has 41 heavy (non-hydrogen) atoms. The van der Waals surface area contributed by atoms with Crippen LogP contribution in [0.5, 0.6) is 5.75 Å². The SMILES string of the molecule is COc1cccc(N2CCC(N=C(Nc3ccc(C(F)(F)F)cc3)N3CCC(F)(c4ncccc4C)CC3)CC2)c1. The lowest BCUT2D eigenvalue weighted by atomic mass is 9.87. The van der Waals surface area contributed by atoms with E-state index in [2.05, 4.69) is 21.3 Å². The highest BCUT2D eigenvalue weighted by Crippen LogP contribution is 2.38. The summed E-state index contributed by atoms with van der Waals surface area (Å²) in [4.78, 5) is 13.7. The van der Waals surface area contributed by atoms with Gasteiger partial charge in [-0.15, -0.1) is 0 Å². The summed E-state index contributed by atoms with van der Waals surface area (Å²) in [7, 11) is 1.65. The molecule has 0 radical (unpaired) electrons. The molecule has 1 N–H and O–H groups in total. The molecule has 0 aliphatic carbocycles. The maximum atomic E-state index is 16.0. The van der Waals surface area contributed by atoms with Crippen molar-refractivity contribution in [2.75, 3.05) is 43.5 Å². The summed E-state index contributed by atoms with van der Waals surface area (Å²) in [6, 6.07) is 16.6. The van der Waals surface area contributed by atoms with Gasteiger partial charge in [0, 0.05) is 62.7 Å². The molecule has 6 nitrogen and oxygen atoms in total. The molecule has 0 amide bonds. The average Bonchev–Trinajstić information content (AvgIpc) is 2.98. The van der Waals surface area contributed by atoms with Crippen LogP contribution in [-0.2, 0) is 11.8 Å². The third-order valence-corrected chi connectivity index (χ3v) is 7.95. The summed E-state index contributed by atoms with van der Waals surface area (Å²) in [6.45, 7) is 4.29. The quantitative estimate of drug-likeness (QED) is 0.208. The number of aliphatic imine (C=N–C) groups is 1. The average molecular weight is 570 g/mol. The lowest BCUT2D eigenvalue weighted by molar-refractivity contribution is -0.137. The second kappa shape index (κ2) is 12.0. The van der Waals surface area contributed by atoms with Crippen molar-refractivity contribution in [2.45, 2.75) is 50.5 Å². The molecule has 218 valence electrons. The van der Waals surface area contributed by atoms with Gasteiger partial charge in [0.25, 0.3) is 0 Å². The van der Waals surface area contributed by atoms with Gasteiger partial charge in [0.2, 0.25) is 0 Å². The fourth-order valence-corrected chi connectivity index (χ4v) is 5.56. The van der Waals surface area contributed by atoms with Crippen molar-refractivity contribution in [1.29, 1.82) is 0 Å². The monoisotopic (exact) mass is 569 g/mol. The first-order valence-corrected chi connectivity index (χ1v) is 13.9. The first-order valence-electron chi connectivity index (χ1n) is 13.9. The Hall–Kier alpha value is -3.82. The summed E-state index contributed by atoms with van der Waals surface area (Å²) in [6.07, 6.45) is -0.688. The van der Waals surface area contributed by atoms with Crippen LogP contribution in [0.15, 0.2) is 71.9 Å². The summed E-state index contributed by atoms with van der Waals surface area (Å²) in [5.74, 6) is 1.37. The van der Waals surface area contributed by atoms with E-state index >= 15 is 4.39 Å². The van der Waals surface area contributed by atoms with Crippen LogP contribution in [0.2, 0.25) is 0 Å². The Morgan fingerprint density at radius 1 is 1.00 bits per heavy atom. The van der Waals surface area contributed by atoms with Gasteiger partial charge < -0.3 is 19.9 Å². The third-order valence-electron chi connectivity index (χ3n) is 7.95. The zero-order chi connectivity index (χ0) is 29.0. The first kappa shape index (κ1) is 28.7. The van der Waals surface area contributed by atoms with Gasteiger partial charge in [0.15, 0.2) is 11.6 Å². The Balaban J connectivity index is 1.32. The van der Waals surface area contributed by atoms with E-state index in [0.29, 0.717) is 30.4 Å². The Morgan fingerprint density at radius 3 is 2.34 bits per heavy atom. The van der Waals surface area contributed by atoms with E-state index < -0.39 is 17.4 Å². The smallest absolute Gasteiger partial charge is 0.416 e. The fourth-order valence-electron chi connectivity index (χ4n) is 5.56. The molecule has 0 bridgehead atoms. The number of pyridine rings is 1. The number of piperidine rings is 2. The minimum Gasteiger partial charge on any atom is -0.497 e. The van der Waals surface area contributed by atoms with Crippen LogP contribution in [-0.4, -0.2) is 55.2 Å². The Bertz CT molecular complexity index is 1350. The van der Waals surface area contributed by atoms with Crippen LogP contribution < -0.4 is 15.0 Å². The number of nitrogens with zero attached hydrogens (tertiary/aromatic N) is 4. The van der Waals surface area contributed by atoms with Crippen molar-refractivity contribution < 1.29 is 22.3 Å². The van der Waals surface area contributed by atoms with Gasteiger partial charge in [-0.2, -0.15) is 13.2 Å². The Morgan fingerprint density at radius 2 is 1.71 bits per heavy atom. The maximum Gasteiger partial charge on any atom is 0.416 e. The minimum atomic E-state index is -4.41. The number of alkyl halides is 4. The number of likely N-dealkylation sites (tertiary alicyclic amines) is 1. The van der Waals surface area contributed by atoms with Crippen molar-refractivity contribution in [3.8, 4) is 5.75 Å². The molecule has 0 unspecified atom stereocenters. The van der Waals surface area contributed by atoms with Crippen LogP contribution >= 0.6 is 0 Å². The van der Waals surface area contributed by atoms with E-state index in [1.54, 1.807) is 19.4 Å². The first-order chi connectivity index (χ1) is 19.6. The molecule has 5 rings (SSSR count). The van der Waals surface area contributed by atoms with Gasteiger partial charge in [0.1, 0.15) is 5.75 Å². The zero-order valence-corrected chi connectivity index (χ0v) is 23.3. The summed E-state index contributed by atoms with van der Waals surface area (Å²) in [5, 5.41) is 3.25. The van der Waals surface area contributed by atoms with Gasteiger partial charge >= 0.3 is 6.18 Å². The molecule has 0 atom stereocenters. The molecule has 2 aromatic carbocycles. The van der Waals surface area contributed by atoms with Gasteiger partial charge in [0.05, 0.1) is 24.4 Å². The van der Waals surface area contributed by atoms with E-state index in [1.807, 2.05) is 36.1 Å². The van der Waals surface area contributed by atoms with E-state index in [1.165, 1.54) is 12.1 Å². The molecular weight excluding hydrogens is 534 g/mol. The number of hydrogen-bond acceptors (Lipinski definition) is 4. The zero-order valence-electron chi connectivity index (χ0n) is 23.3. The highest BCUT2D eigenvalue weighted by atomic mass is 19.4. The number of guanidine groups is 1. The molecule has 2 saturated heterocycles. The number of ether oxygens (including phenoxy) is 1. The topological polar surface area (TPSA) is 53.0 Å². The van der Waals surface area contributed by atoms with Crippen molar-refractivity contribution in [1.82, 2.24) is 9.88 Å². The normalized spacial score (nSPS) is 18.3. The molecular formula is C31H35F4N5O. The Kier molecular flexibility index (Phi) is 8.37. The number of methoxy groups -OCH3 is 1. The number of rotatable bonds is 5. The summed E-state index contributed by atoms with van der Waals surface area (Å²) >= 11 is 0. The number of hydrogen-bond donors (Lipinski definition) is 1. The van der Waals surface area contributed by atoms with Crippen LogP contribution in [0.3, 0.4) is 0 Å². The number of aryl methyl sites for hydroxylation is 1. The largest absolute Gasteiger partial charge is 0.497 e. The van der Waals surface area contributed by atoms with Crippen LogP contribution in [0.4, 0.5) is 28.9 Å². The lowest BCUT2D eigenvalue weighted by Gasteiger charge is -2.39. The minimum absolute atomic E-state index is 0.0175. The third kappa shape index (κ3) is 6.74. The van der Waals surface area contributed by atoms with Crippen molar-refractivity contribution in [3.63, 3.8) is 0 Å². The van der Waals surface area contributed by atoms with Gasteiger partial charge in [-0.05, 0) is 67.8 Å². The summed E-state index contributed by atoms with van der Waals surface area (Å²) in [5.41, 5.74) is 0.640. The number of anilines is 2. The number of nitrogens with one attached hydrogen (secondary N) is 1. The number of halogens is 4. The number of aromatic nitrogens is 1.